The van der Waals surface area contributed by atoms with Gasteiger partial charge in [0.15, 0.2) is 5.78 Å². The minimum Gasteiger partial charge on any atom is -0.377 e. The number of para-hydroxylation sites is 1. The van der Waals surface area contributed by atoms with E-state index in [1.165, 1.54) is 11.1 Å². The number of ketones is 1. The van der Waals surface area contributed by atoms with Crippen LogP contribution >= 0.6 is 0 Å². The minimum absolute atomic E-state index is 0.128. The fraction of sp³-hybridized carbons (Fsp3) is 0.552. The molecule has 4 aliphatic carbocycles. The molecular formula is C29H35NO2. The number of allylic oxidation sites excluding steroid dienone is 4. The summed E-state index contributed by atoms with van der Waals surface area (Å²) in [5, 5.41) is 11.4. The van der Waals surface area contributed by atoms with Crippen molar-refractivity contribution < 1.29 is 9.90 Å². The van der Waals surface area contributed by atoms with Crippen LogP contribution in [0, 0.1) is 29.1 Å². The van der Waals surface area contributed by atoms with Crippen molar-refractivity contribution in [2.45, 2.75) is 70.8 Å². The summed E-state index contributed by atoms with van der Waals surface area (Å²) in [6, 6.07) is 8.34. The van der Waals surface area contributed by atoms with Gasteiger partial charge in [-0.05, 0) is 80.9 Å². The fourth-order valence-corrected chi connectivity index (χ4v) is 7.45. The maximum Gasteiger partial charge on any atom is 0.164 e. The van der Waals surface area contributed by atoms with E-state index < -0.39 is 5.60 Å². The number of Topliss-reactive ketones (excluding diaryl/α,β-unsaturated/α-hetero) is 1. The highest BCUT2D eigenvalue weighted by molar-refractivity contribution is 6.24. The molecule has 5 rings (SSSR count). The highest BCUT2D eigenvalue weighted by Gasteiger charge is 2.60. The van der Waals surface area contributed by atoms with Gasteiger partial charge in [0.1, 0.15) is 5.60 Å². The lowest BCUT2D eigenvalue weighted by molar-refractivity contribution is -0.113. The summed E-state index contributed by atoms with van der Waals surface area (Å²) in [5.74, 6) is 7.51. The number of nitrogens with zero attached hydrogens (tertiary/aromatic N) is 1. The first-order valence-corrected chi connectivity index (χ1v) is 12.2. The van der Waals surface area contributed by atoms with Crippen LogP contribution in [0.3, 0.4) is 0 Å². The fourth-order valence-electron chi connectivity index (χ4n) is 7.45. The second-order valence-corrected chi connectivity index (χ2v) is 10.6. The van der Waals surface area contributed by atoms with E-state index in [2.05, 4.69) is 62.0 Å². The molecule has 0 aromatic heterocycles. The third kappa shape index (κ3) is 2.96. The second kappa shape index (κ2) is 7.63. The molecular weight excluding hydrogens is 394 g/mol. The molecule has 2 fully saturated rings. The molecule has 168 valence electrons. The SMILES string of the molecule is CC#CC1(O)CC[C@H]2[C@@H]3CCC4=C(c5ccccc5N(C)C)C(=O)CCC4=C3CC[C@@]21C. The highest BCUT2D eigenvalue weighted by Crippen LogP contribution is 2.63. The molecule has 2 saturated carbocycles. The number of hydrogen-bond donors (Lipinski definition) is 1. The molecule has 3 heteroatoms. The number of carbonyl (C=O) groups excluding carboxylic acids is 1. The Morgan fingerprint density at radius 3 is 2.56 bits per heavy atom. The van der Waals surface area contributed by atoms with E-state index in [-0.39, 0.29) is 5.41 Å². The Balaban J connectivity index is 1.61. The van der Waals surface area contributed by atoms with Crippen LogP contribution in [-0.4, -0.2) is 30.6 Å². The van der Waals surface area contributed by atoms with Crippen molar-refractivity contribution in [1.29, 1.82) is 0 Å². The number of carbonyl (C=O) groups is 1. The van der Waals surface area contributed by atoms with E-state index in [1.54, 1.807) is 5.57 Å². The zero-order chi connectivity index (χ0) is 22.7. The number of benzene rings is 1. The first-order valence-electron chi connectivity index (χ1n) is 12.2. The van der Waals surface area contributed by atoms with E-state index in [0.29, 0.717) is 24.0 Å². The van der Waals surface area contributed by atoms with Crippen molar-refractivity contribution in [3.63, 3.8) is 0 Å². The Morgan fingerprint density at radius 2 is 1.81 bits per heavy atom. The third-order valence-corrected chi connectivity index (χ3v) is 9.05. The predicted octanol–water partition coefficient (Wildman–Crippen LogP) is 5.54. The highest BCUT2D eigenvalue weighted by atomic mass is 16.3. The summed E-state index contributed by atoms with van der Waals surface area (Å²) in [4.78, 5) is 15.3. The lowest BCUT2D eigenvalue weighted by Crippen LogP contribution is -2.49. The molecule has 0 aliphatic heterocycles. The van der Waals surface area contributed by atoms with Gasteiger partial charge < -0.3 is 10.0 Å². The van der Waals surface area contributed by atoms with Crippen molar-refractivity contribution in [2.24, 2.45) is 17.3 Å². The van der Waals surface area contributed by atoms with Crippen LogP contribution in [0.4, 0.5) is 5.69 Å². The number of rotatable bonds is 2. The minimum atomic E-state index is -0.850. The van der Waals surface area contributed by atoms with Crippen LogP contribution < -0.4 is 4.90 Å². The normalized spacial score (nSPS) is 33.8. The summed E-state index contributed by atoms with van der Waals surface area (Å²) in [5.41, 5.74) is 6.57. The average Bonchev–Trinajstić information content (AvgIpc) is 3.04. The smallest absolute Gasteiger partial charge is 0.164 e. The Hall–Kier alpha value is -2.31. The first kappa shape index (κ1) is 21.5. The summed E-state index contributed by atoms with van der Waals surface area (Å²) in [6.45, 7) is 4.12. The van der Waals surface area contributed by atoms with Gasteiger partial charge in [0.05, 0.1) is 0 Å². The van der Waals surface area contributed by atoms with Crippen LogP contribution in [0.15, 0.2) is 41.0 Å². The van der Waals surface area contributed by atoms with Crippen LogP contribution in [0.1, 0.15) is 70.8 Å². The zero-order valence-electron chi connectivity index (χ0n) is 19.9. The van der Waals surface area contributed by atoms with Gasteiger partial charge in [0.2, 0.25) is 0 Å². The molecule has 32 heavy (non-hydrogen) atoms. The molecule has 0 amide bonds. The average molecular weight is 430 g/mol. The predicted molar refractivity (Wildman–Crippen MR) is 130 cm³/mol. The third-order valence-electron chi connectivity index (χ3n) is 9.05. The summed E-state index contributed by atoms with van der Waals surface area (Å²) in [6.07, 6.45) is 7.41. The molecule has 0 saturated heterocycles. The Bertz CT molecular complexity index is 1100. The molecule has 0 bridgehead atoms. The van der Waals surface area contributed by atoms with Crippen molar-refractivity contribution >= 4 is 17.0 Å². The van der Waals surface area contributed by atoms with Gasteiger partial charge in [-0.2, -0.15) is 0 Å². The topological polar surface area (TPSA) is 40.5 Å². The van der Waals surface area contributed by atoms with Crippen LogP contribution in [-0.2, 0) is 4.79 Å². The van der Waals surface area contributed by atoms with Gasteiger partial charge in [-0.15, -0.1) is 5.92 Å². The van der Waals surface area contributed by atoms with E-state index >= 15 is 0 Å². The monoisotopic (exact) mass is 429 g/mol. The van der Waals surface area contributed by atoms with Gasteiger partial charge in [-0.3, -0.25) is 4.79 Å². The molecule has 1 unspecified atom stereocenters. The summed E-state index contributed by atoms with van der Waals surface area (Å²) >= 11 is 0. The van der Waals surface area contributed by atoms with Gasteiger partial charge in [0.25, 0.3) is 0 Å². The Kier molecular flexibility index (Phi) is 5.13. The van der Waals surface area contributed by atoms with Crippen LogP contribution in [0.25, 0.3) is 5.57 Å². The van der Waals surface area contributed by atoms with Crippen LogP contribution in [0.2, 0.25) is 0 Å². The zero-order valence-corrected chi connectivity index (χ0v) is 19.9. The molecule has 3 nitrogen and oxygen atoms in total. The second-order valence-electron chi connectivity index (χ2n) is 10.6. The van der Waals surface area contributed by atoms with Gasteiger partial charge in [0, 0.05) is 42.8 Å². The van der Waals surface area contributed by atoms with Crippen molar-refractivity contribution in [2.75, 3.05) is 19.0 Å². The summed E-state index contributed by atoms with van der Waals surface area (Å²) in [7, 11) is 4.10. The lowest BCUT2D eigenvalue weighted by Gasteiger charge is -2.50. The Morgan fingerprint density at radius 1 is 1.03 bits per heavy atom. The summed E-state index contributed by atoms with van der Waals surface area (Å²) < 4.78 is 0. The van der Waals surface area contributed by atoms with Gasteiger partial charge in [-0.1, -0.05) is 36.6 Å². The molecule has 0 radical (unpaired) electrons. The molecule has 4 atom stereocenters. The standard InChI is InChI=1S/C29H35NO2/c1-5-16-29(32)18-15-24-21-10-11-22-19(20(21)14-17-28(24,29)2)12-13-26(31)27(22)23-8-6-7-9-25(23)30(3)4/h6-9,21,24,32H,10-15,17-18H2,1-4H3/t21-,24+,28+,29?/m1/s1. The van der Waals surface area contributed by atoms with Gasteiger partial charge >= 0.3 is 0 Å². The Labute approximate surface area is 192 Å². The van der Waals surface area contributed by atoms with E-state index in [1.807, 2.05) is 6.92 Å². The van der Waals surface area contributed by atoms with Crippen molar-refractivity contribution in [3.05, 3.63) is 46.5 Å². The number of fused-ring (bicyclic) bond motifs is 4. The van der Waals surface area contributed by atoms with E-state index in [9.17, 15) is 9.90 Å². The quantitative estimate of drug-likeness (QED) is 0.628. The molecule has 4 aliphatic rings. The number of anilines is 1. The van der Waals surface area contributed by atoms with Crippen molar-refractivity contribution in [3.8, 4) is 11.8 Å². The number of hydrogen-bond acceptors (Lipinski definition) is 3. The van der Waals surface area contributed by atoms with E-state index in [0.717, 1.165) is 61.8 Å². The molecule has 0 spiro atoms. The van der Waals surface area contributed by atoms with E-state index in [4.69, 9.17) is 0 Å². The molecule has 1 N–H and O–H groups in total. The maximum atomic E-state index is 13.2. The first-order chi connectivity index (χ1) is 15.3. The molecule has 1 aromatic carbocycles. The number of aliphatic hydroxyl groups is 1. The molecule has 0 heterocycles. The lowest BCUT2D eigenvalue weighted by atomic mass is 9.54. The molecule has 1 aromatic rings. The van der Waals surface area contributed by atoms with Gasteiger partial charge in [-0.25, -0.2) is 0 Å². The maximum absolute atomic E-state index is 13.2. The van der Waals surface area contributed by atoms with Crippen molar-refractivity contribution in [1.82, 2.24) is 0 Å². The largest absolute Gasteiger partial charge is 0.377 e. The van der Waals surface area contributed by atoms with Crippen LogP contribution in [0.5, 0.6) is 0 Å².